The number of anilines is 2. The van der Waals surface area contributed by atoms with E-state index in [1.165, 1.54) is 43.0 Å². The molecule has 0 spiro atoms. The second-order valence-corrected chi connectivity index (χ2v) is 8.18. The maximum absolute atomic E-state index is 12.4. The van der Waals surface area contributed by atoms with Gasteiger partial charge in [-0.3, -0.25) is 9.36 Å². The molecule has 0 unspecified atom stereocenters. The largest absolute Gasteiger partial charge is 0.341 e. The van der Waals surface area contributed by atoms with E-state index in [2.05, 4.69) is 38.0 Å². The summed E-state index contributed by atoms with van der Waals surface area (Å²) >= 11 is 1.48. The molecule has 6 nitrogen and oxygen atoms in total. The van der Waals surface area contributed by atoms with Crippen LogP contribution in [0.3, 0.4) is 0 Å². The van der Waals surface area contributed by atoms with Crippen molar-refractivity contribution >= 4 is 29.3 Å². The molecule has 2 aromatic rings. The molecule has 1 N–H and O–H groups in total. The SMILES string of the molecule is Cc1ccc(NC(=O)CSc2nnc(N3CCCC3)n2C2CC2)c(C)c1. The highest BCUT2D eigenvalue weighted by Crippen LogP contribution is 2.41. The summed E-state index contributed by atoms with van der Waals surface area (Å²) in [6.07, 6.45) is 4.80. The highest BCUT2D eigenvalue weighted by molar-refractivity contribution is 7.99. The average molecular weight is 372 g/mol. The van der Waals surface area contributed by atoms with Crippen molar-refractivity contribution in [3.63, 3.8) is 0 Å². The number of aromatic nitrogens is 3. The number of aryl methyl sites for hydroxylation is 2. The number of benzene rings is 1. The molecule has 1 amide bonds. The molecular formula is C19H25N5OS. The second-order valence-electron chi connectivity index (χ2n) is 7.23. The van der Waals surface area contributed by atoms with Crippen LogP contribution in [0.2, 0.25) is 0 Å². The molecule has 0 bridgehead atoms. The highest BCUT2D eigenvalue weighted by Gasteiger charge is 2.32. The van der Waals surface area contributed by atoms with E-state index >= 15 is 0 Å². The molecule has 7 heteroatoms. The topological polar surface area (TPSA) is 63.1 Å². The predicted octanol–water partition coefficient (Wildman–Crippen LogP) is 3.56. The van der Waals surface area contributed by atoms with Crippen molar-refractivity contribution in [3.05, 3.63) is 29.3 Å². The van der Waals surface area contributed by atoms with Crippen molar-refractivity contribution < 1.29 is 4.79 Å². The number of nitrogens with zero attached hydrogens (tertiary/aromatic N) is 4. The molecule has 0 radical (unpaired) electrons. The zero-order valence-corrected chi connectivity index (χ0v) is 16.2. The lowest BCUT2D eigenvalue weighted by molar-refractivity contribution is -0.113. The quantitative estimate of drug-likeness (QED) is 0.787. The number of carbonyl (C=O) groups excluding carboxylic acids is 1. The first-order chi connectivity index (χ1) is 12.6. The normalized spacial score (nSPS) is 16.9. The van der Waals surface area contributed by atoms with E-state index in [1.807, 2.05) is 19.1 Å². The van der Waals surface area contributed by atoms with E-state index in [-0.39, 0.29) is 5.91 Å². The van der Waals surface area contributed by atoms with Gasteiger partial charge in [0.25, 0.3) is 0 Å². The van der Waals surface area contributed by atoms with Gasteiger partial charge < -0.3 is 10.2 Å². The summed E-state index contributed by atoms with van der Waals surface area (Å²) in [5, 5.41) is 12.7. The number of nitrogens with one attached hydrogen (secondary N) is 1. The fraction of sp³-hybridized carbons (Fsp3) is 0.526. The number of rotatable bonds is 6. The summed E-state index contributed by atoms with van der Waals surface area (Å²) in [5.41, 5.74) is 3.16. The average Bonchev–Trinajstić information content (AvgIpc) is 3.14. The van der Waals surface area contributed by atoms with E-state index in [4.69, 9.17) is 0 Å². The van der Waals surface area contributed by atoms with Gasteiger partial charge in [-0.2, -0.15) is 0 Å². The van der Waals surface area contributed by atoms with Gasteiger partial charge in [0.05, 0.1) is 5.75 Å². The molecule has 26 heavy (non-hydrogen) atoms. The Morgan fingerprint density at radius 2 is 2.00 bits per heavy atom. The van der Waals surface area contributed by atoms with Crippen LogP contribution < -0.4 is 10.2 Å². The standard InChI is InChI=1S/C19H25N5OS/c1-13-5-8-16(14(2)11-13)20-17(25)12-26-19-22-21-18(23-9-3-4-10-23)24(19)15-6-7-15/h5,8,11,15H,3-4,6-7,9-10,12H2,1-2H3,(H,20,25). The van der Waals surface area contributed by atoms with Crippen molar-refractivity contribution in [2.24, 2.45) is 0 Å². The molecule has 0 atom stereocenters. The molecule has 1 saturated heterocycles. The second kappa shape index (κ2) is 7.31. The Kier molecular flexibility index (Phi) is 4.89. The molecule has 1 aliphatic heterocycles. The Hall–Kier alpha value is -2.02. The van der Waals surface area contributed by atoms with Crippen molar-refractivity contribution in [2.45, 2.75) is 50.7 Å². The summed E-state index contributed by atoms with van der Waals surface area (Å²) in [6, 6.07) is 6.56. The van der Waals surface area contributed by atoms with Crippen LogP contribution in [-0.4, -0.2) is 39.5 Å². The van der Waals surface area contributed by atoms with Crippen LogP contribution in [0, 0.1) is 13.8 Å². The number of hydrogen-bond donors (Lipinski definition) is 1. The van der Waals surface area contributed by atoms with Crippen LogP contribution in [0.15, 0.2) is 23.4 Å². The van der Waals surface area contributed by atoms with E-state index in [0.717, 1.165) is 35.4 Å². The monoisotopic (exact) mass is 371 g/mol. The van der Waals surface area contributed by atoms with Crippen molar-refractivity contribution in [1.82, 2.24) is 14.8 Å². The summed E-state index contributed by atoms with van der Waals surface area (Å²) in [6.45, 7) is 6.18. The minimum Gasteiger partial charge on any atom is -0.341 e. The Bertz CT molecular complexity index is 808. The summed E-state index contributed by atoms with van der Waals surface area (Å²) in [4.78, 5) is 14.7. The molecule has 2 heterocycles. The summed E-state index contributed by atoms with van der Waals surface area (Å²) < 4.78 is 2.25. The van der Waals surface area contributed by atoms with Gasteiger partial charge in [-0.15, -0.1) is 10.2 Å². The van der Waals surface area contributed by atoms with E-state index in [0.29, 0.717) is 11.8 Å². The Morgan fingerprint density at radius 3 is 2.69 bits per heavy atom. The van der Waals surface area contributed by atoms with Crippen LogP contribution in [-0.2, 0) is 4.79 Å². The summed E-state index contributed by atoms with van der Waals surface area (Å²) in [7, 11) is 0. The fourth-order valence-corrected chi connectivity index (χ4v) is 4.22. The lowest BCUT2D eigenvalue weighted by atomic mass is 10.1. The molecule has 2 fully saturated rings. The lowest BCUT2D eigenvalue weighted by Crippen LogP contribution is -2.22. The molecule has 4 rings (SSSR count). The molecule has 1 saturated carbocycles. The first kappa shape index (κ1) is 17.4. The van der Waals surface area contributed by atoms with E-state index < -0.39 is 0 Å². The number of carbonyl (C=O) groups is 1. The van der Waals surface area contributed by atoms with Crippen LogP contribution in [0.5, 0.6) is 0 Å². The lowest BCUT2D eigenvalue weighted by Gasteiger charge is -2.17. The highest BCUT2D eigenvalue weighted by atomic mass is 32.2. The fourth-order valence-electron chi connectivity index (χ4n) is 3.42. The minimum atomic E-state index is -0.00461. The molecular weight excluding hydrogens is 346 g/mol. The smallest absolute Gasteiger partial charge is 0.234 e. The van der Waals surface area contributed by atoms with Gasteiger partial charge in [0.1, 0.15) is 0 Å². The molecule has 1 aliphatic carbocycles. The molecule has 2 aliphatic rings. The third-order valence-electron chi connectivity index (χ3n) is 4.94. The van der Waals surface area contributed by atoms with Crippen LogP contribution in [0.25, 0.3) is 0 Å². The van der Waals surface area contributed by atoms with E-state index in [9.17, 15) is 4.79 Å². The molecule has 1 aromatic heterocycles. The van der Waals surface area contributed by atoms with Gasteiger partial charge in [0, 0.05) is 24.8 Å². The van der Waals surface area contributed by atoms with Crippen LogP contribution >= 0.6 is 11.8 Å². The van der Waals surface area contributed by atoms with Gasteiger partial charge in [0.15, 0.2) is 5.16 Å². The van der Waals surface area contributed by atoms with Crippen molar-refractivity contribution in [3.8, 4) is 0 Å². The van der Waals surface area contributed by atoms with Crippen molar-refractivity contribution in [2.75, 3.05) is 29.1 Å². The van der Waals surface area contributed by atoms with Crippen molar-refractivity contribution in [1.29, 1.82) is 0 Å². The first-order valence-corrected chi connectivity index (χ1v) is 10.3. The first-order valence-electron chi connectivity index (χ1n) is 9.31. The zero-order valence-electron chi connectivity index (χ0n) is 15.4. The Morgan fingerprint density at radius 1 is 1.23 bits per heavy atom. The minimum absolute atomic E-state index is 0.00461. The molecule has 138 valence electrons. The van der Waals surface area contributed by atoms with Crippen LogP contribution in [0.1, 0.15) is 42.9 Å². The van der Waals surface area contributed by atoms with E-state index in [1.54, 1.807) is 0 Å². The van der Waals surface area contributed by atoms with Crippen LogP contribution in [0.4, 0.5) is 11.6 Å². The number of amides is 1. The predicted molar refractivity (Wildman–Crippen MR) is 105 cm³/mol. The number of thioether (sulfide) groups is 1. The van der Waals surface area contributed by atoms with Gasteiger partial charge in [-0.25, -0.2) is 0 Å². The maximum atomic E-state index is 12.4. The molecule has 1 aromatic carbocycles. The number of hydrogen-bond acceptors (Lipinski definition) is 5. The van der Waals surface area contributed by atoms with Gasteiger partial charge in [0.2, 0.25) is 11.9 Å². The third kappa shape index (κ3) is 3.72. The Balaban J connectivity index is 1.42. The zero-order chi connectivity index (χ0) is 18.1. The maximum Gasteiger partial charge on any atom is 0.234 e. The van der Waals surface area contributed by atoms with Gasteiger partial charge in [-0.1, -0.05) is 29.5 Å². The third-order valence-corrected chi connectivity index (χ3v) is 5.88. The summed E-state index contributed by atoms with van der Waals surface area (Å²) in [5.74, 6) is 1.33. The Labute approximate surface area is 158 Å². The van der Waals surface area contributed by atoms with Gasteiger partial charge in [-0.05, 0) is 51.2 Å². The van der Waals surface area contributed by atoms with Gasteiger partial charge >= 0.3 is 0 Å².